The fourth-order valence-corrected chi connectivity index (χ4v) is 2.64. The van der Waals surface area contributed by atoms with E-state index in [-0.39, 0.29) is 36.3 Å². The normalized spacial score (nSPS) is 20.3. The van der Waals surface area contributed by atoms with Gasteiger partial charge < -0.3 is 10.2 Å². The first-order chi connectivity index (χ1) is 9.25. The molecule has 1 atom stereocenters. The monoisotopic (exact) mass is 335 g/mol. The lowest BCUT2D eigenvalue weighted by atomic mass is 10.1. The van der Waals surface area contributed by atoms with Crippen LogP contribution in [-0.4, -0.2) is 41.0 Å². The van der Waals surface area contributed by atoms with Gasteiger partial charge in [-0.15, -0.1) is 24.8 Å². The van der Waals surface area contributed by atoms with E-state index in [2.05, 4.69) is 10.3 Å². The summed E-state index contributed by atoms with van der Waals surface area (Å²) < 4.78 is 13.7. The lowest BCUT2D eigenvalue weighted by molar-refractivity contribution is 0.0723. The quantitative estimate of drug-likeness (QED) is 0.919. The Morgan fingerprint density at radius 2 is 2.14 bits per heavy atom. The molecule has 2 aliphatic rings. The highest BCUT2D eigenvalue weighted by Gasteiger charge is 2.35. The van der Waals surface area contributed by atoms with Gasteiger partial charge in [0.15, 0.2) is 5.82 Å². The van der Waals surface area contributed by atoms with Crippen molar-refractivity contribution in [1.82, 2.24) is 15.2 Å². The van der Waals surface area contributed by atoms with Gasteiger partial charge in [0, 0.05) is 24.8 Å². The molecule has 7 heteroatoms. The average Bonchev–Trinajstić information content (AvgIpc) is 3.13. The molecule has 1 aromatic heterocycles. The standard InChI is InChI=1S/C14H18FN3O.2ClH/c15-13-8-16-7-5-12(13)14(19)18(11-3-4-11)9-10-2-1-6-17-10;;/h5,7-8,10-11,17H,1-4,6,9H2;2*1H. The summed E-state index contributed by atoms with van der Waals surface area (Å²) in [5.41, 5.74) is 0.139. The Hall–Kier alpha value is -0.910. The summed E-state index contributed by atoms with van der Waals surface area (Å²) in [4.78, 5) is 18.0. The minimum Gasteiger partial charge on any atom is -0.334 e. The van der Waals surface area contributed by atoms with Gasteiger partial charge in [0.05, 0.1) is 11.8 Å². The van der Waals surface area contributed by atoms with Crippen molar-refractivity contribution in [2.24, 2.45) is 0 Å². The van der Waals surface area contributed by atoms with Crippen LogP contribution in [0.5, 0.6) is 0 Å². The average molecular weight is 336 g/mol. The second-order valence-electron chi connectivity index (χ2n) is 5.34. The topological polar surface area (TPSA) is 45.2 Å². The SMILES string of the molecule is Cl.Cl.O=C(c1ccncc1F)N(CC1CCCN1)C1CC1. The van der Waals surface area contributed by atoms with Crippen LogP contribution >= 0.6 is 24.8 Å². The van der Waals surface area contributed by atoms with Crippen molar-refractivity contribution in [2.45, 2.75) is 37.8 Å². The number of nitrogens with zero attached hydrogens (tertiary/aromatic N) is 2. The first-order valence-electron chi connectivity index (χ1n) is 6.89. The lowest BCUT2D eigenvalue weighted by Gasteiger charge is -2.26. The molecule has 0 aromatic carbocycles. The Labute approximate surface area is 136 Å². The third-order valence-corrected chi connectivity index (χ3v) is 3.83. The molecule has 0 radical (unpaired) electrons. The van der Waals surface area contributed by atoms with Crippen LogP contribution in [0, 0.1) is 5.82 Å². The molecule has 4 nitrogen and oxygen atoms in total. The number of carbonyl (C=O) groups excluding carboxylic acids is 1. The van der Waals surface area contributed by atoms with Crippen molar-refractivity contribution < 1.29 is 9.18 Å². The van der Waals surface area contributed by atoms with Crippen molar-refractivity contribution in [3.63, 3.8) is 0 Å². The Balaban J connectivity index is 0.00000110. The molecule has 2 heterocycles. The van der Waals surface area contributed by atoms with Gasteiger partial charge in [0.2, 0.25) is 0 Å². The highest BCUT2D eigenvalue weighted by Crippen LogP contribution is 2.29. The zero-order chi connectivity index (χ0) is 13.2. The molecule has 1 aromatic rings. The van der Waals surface area contributed by atoms with E-state index in [1.54, 1.807) is 0 Å². The molecule has 1 N–H and O–H groups in total. The predicted molar refractivity (Wildman–Crippen MR) is 83.8 cm³/mol. The van der Waals surface area contributed by atoms with E-state index in [0.717, 1.165) is 38.4 Å². The van der Waals surface area contributed by atoms with Crippen LogP contribution in [0.3, 0.4) is 0 Å². The van der Waals surface area contributed by atoms with Crippen LogP contribution in [0.2, 0.25) is 0 Å². The van der Waals surface area contributed by atoms with E-state index >= 15 is 0 Å². The number of hydrogen-bond acceptors (Lipinski definition) is 3. The van der Waals surface area contributed by atoms with Gasteiger partial charge in [0.1, 0.15) is 0 Å². The number of nitrogens with one attached hydrogen (secondary N) is 1. The van der Waals surface area contributed by atoms with Gasteiger partial charge in [-0.05, 0) is 38.3 Å². The van der Waals surface area contributed by atoms with Crippen molar-refractivity contribution in [3.8, 4) is 0 Å². The van der Waals surface area contributed by atoms with Crippen LogP contribution in [-0.2, 0) is 0 Å². The van der Waals surface area contributed by atoms with Crippen molar-refractivity contribution in [2.75, 3.05) is 13.1 Å². The molecule has 1 unspecified atom stereocenters. The fraction of sp³-hybridized carbons (Fsp3) is 0.571. The van der Waals surface area contributed by atoms with Crippen molar-refractivity contribution in [1.29, 1.82) is 0 Å². The first-order valence-corrected chi connectivity index (χ1v) is 6.89. The Kier molecular flexibility index (Phi) is 6.84. The highest BCUT2D eigenvalue weighted by molar-refractivity contribution is 5.94. The molecule has 118 valence electrons. The molecule has 1 aliphatic heterocycles. The molecule has 2 fully saturated rings. The Morgan fingerprint density at radius 1 is 1.38 bits per heavy atom. The third-order valence-electron chi connectivity index (χ3n) is 3.83. The van der Waals surface area contributed by atoms with Crippen LogP contribution in [0.4, 0.5) is 4.39 Å². The van der Waals surface area contributed by atoms with Gasteiger partial charge in [-0.1, -0.05) is 0 Å². The molecule has 21 heavy (non-hydrogen) atoms. The second-order valence-corrected chi connectivity index (χ2v) is 5.34. The van der Waals surface area contributed by atoms with Crippen LogP contribution < -0.4 is 5.32 Å². The van der Waals surface area contributed by atoms with E-state index in [1.165, 1.54) is 12.3 Å². The highest BCUT2D eigenvalue weighted by atomic mass is 35.5. The number of aromatic nitrogens is 1. The number of halogens is 3. The maximum Gasteiger partial charge on any atom is 0.257 e. The fourth-order valence-electron chi connectivity index (χ4n) is 2.64. The summed E-state index contributed by atoms with van der Waals surface area (Å²) in [5, 5.41) is 3.39. The summed E-state index contributed by atoms with van der Waals surface area (Å²) in [6.07, 6.45) is 6.88. The zero-order valence-corrected chi connectivity index (χ0v) is 13.3. The molecular weight excluding hydrogens is 316 g/mol. The number of hydrogen-bond donors (Lipinski definition) is 1. The maximum atomic E-state index is 13.7. The minimum absolute atomic E-state index is 0. The maximum absolute atomic E-state index is 13.7. The molecule has 0 bridgehead atoms. The van der Waals surface area contributed by atoms with Gasteiger partial charge in [-0.25, -0.2) is 4.39 Å². The lowest BCUT2D eigenvalue weighted by Crippen LogP contribution is -2.42. The Bertz CT molecular complexity index is 479. The van der Waals surface area contributed by atoms with Gasteiger partial charge in [-0.3, -0.25) is 9.78 Å². The van der Waals surface area contributed by atoms with E-state index < -0.39 is 5.82 Å². The molecule has 3 rings (SSSR count). The largest absolute Gasteiger partial charge is 0.334 e. The van der Waals surface area contributed by atoms with Gasteiger partial charge in [-0.2, -0.15) is 0 Å². The van der Waals surface area contributed by atoms with Crippen LogP contribution in [0.15, 0.2) is 18.5 Å². The smallest absolute Gasteiger partial charge is 0.257 e. The van der Waals surface area contributed by atoms with E-state index in [4.69, 9.17) is 0 Å². The number of pyridine rings is 1. The van der Waals surface area contributed by atoms with Crippen molar-refractivity contribution in [3.05, 3.63) is 29.8 Å². The van der Waals surface area contributed by atoms with Crippen LogP contribution in [0.1, 0.15) is 36.0 Å². The van der Waals surface area contributed by atoms with E-state index in [0.29, 0.717) is 18.6 Å². The summed E-state index contributed by atoms with van der Waals surface area (Å²) >= 11 is 0. The van der Waals surface area contributed by atoms with Gasteiger partial charge in [0.25, 0.3) is 5.91 Å². The van der Waals surface area contributed by atoms with E-state index in [9.17, 15) is 9.18 Å². The summed E-state index contributed by atoms with van der Waals surface area (Å²) in [5.74, 6) is -0.728. The summed E-state index contributed by atoms with van der Waals surface area (Å²) in [7, 11) is 0. The first kappa shape index (κ1) is 18.1. The van der Waals surface area contributed by atoms with Crippen LogP contribution in [0.25, 0.3) is 0 Å². The molecule has 1 amide bonds. The molecule has 0 spiro atoms. The van der Waals surface area contributed by atoms with Gasteiger partial charge >= 0.3 is 0 Å². The molecule has 1 saturated carbocycles. The Morgan fingerprint density at radius 3 is 2.71 bits per heavy atom. The van der Waals surface area contributed by atoms with Crippen molar-refractivity contribution >= 4 is 30.7 Å². The molecule has 1 saturated heterocycles. The number of amides is 1. The molecular formula is C14H20Cl2FN3O. The number of rotatable bonds is 4. The predicted octanol–water partition coefficient (Wildman–Crippen LogP) is 2.42. The van der Waals surface area contributed by atoms with E-state index in [1.807, 2.05) is 4.90 Å². The zero-order valence-electron chi connectivity index (χ0n) is 11.6. The second kappa shape index (κ2) is 7.92. The minimum atomic E-state index is -0.530. The number of carbonyl (C=O) groups is 1. The summed E-state index contributed by atoms with van der Waals surface area (Å²) in [6, 6.07) is 2.12. The third kappa shape index (κ3) is 4.28. The molecule has 1 aliphatic carbocycles. The summed E-state index contributed by atoms with van der Waals surface area (Å²) in [6.45, 7) is 1.70.